The maximum absolute atomic E-state index is 12.3. The number of hydrogen-bond donors (Lipinski definition) is 3. The van der Waals surface area contributed by atoms with Crippen molar-refractivity contribution < 1.29 is 13.5 Å². The monoisotopic (exact) mass is 531 g/mol. The Morgan fingerprint density at radius 1 is 1.03 bits per heavy atom. The Labute approximate surface area is 190 Å². The van der Waals surface area contributed by atoms with Crippen LogP contribution in [-0.4, -0.2) is 51.5 Å². The van der Waals surface area contributed by atoms with Gasteiger partial charge in [-0.25, -0.2) is 8.42 Å². The van der Waals surface area contributed by atoms with Gasteiger partial charge in [-0.3, -0.25) is 4.99 Å². The second-order valence-electron chi connectivity index (χ2n) is 6.42. The lowest BCUT2D eigenvalue weighted by Crippen LogP contribution is -2.38. The average Bonchev–Trinajstić information content (AvgIpc) is 2.73. The van der Waals surface area contributed by atoms with Crippen LogP contribution in [0.1, 0.15) is 24.8 Å². The van der Waals surface area contributed by atoms with Crippen LogP contribution in [0.3, 0.4) is 0 Å². The van der Waals surface area contributed by atoms with Crippen molar-refractivity contribution in [3.63, 3.8) is 0 Å². The highest BCUT2D eigenvalue weighted by Gasteiger charge is 2.13. The first-order valence-corrected chi connectivity index (χ1v) is 11.2. The minimum Gasteiger partial charge on any atom is -0.396 e. The van der Waals surface area contributed by atoms with Gasteiger partial charge in [0, 0.05) is 19.0 Å². The summed E-state index contributed by atoms with van der Waals surface area (Å²) >= 11 is 0. The van der Waals surface area contributed by atoms with Crippen molar-refractivity contribution in [2.75, 3.05) is 32.0 Å². The van der Waals surface area contributed by atoms with Gasteiger partial charge in [0.1, 0.15) is 0 Å². The van der Waals surface area contributed by atoms with Crippen molar-refractivity contribution in [1.29, 1.82) is 0 Å². The summed E-state index contributed by atoms with van der Waals surface area (Å²) in [6.45, 7) is 3.62. The number of nitrogens with zero attached hydrogens (tertiary/aromatic N) is 1. The number of benzene rings is 2. The van der Waals surface area contributed by atoms with E-state index < -0.39 is 9.84 Å². The summed E-state index contributed by atoms with van der Waals surface area (Å²) in [5, 5.41) is 16.0. The van der Waals surface area contributed by atoms with Crippen LogP contribution < -0.4 is 10.6 Å². The molecule has 2 aromatic rings. The number of nitrogens with one attached hydrogen (secondary N) is 2. The van der Waals surface area contributed by atoms with Gasteiger partial charge in [-0.05, 0) is 31.0 Å². The zero-order valence-corrected chi connectivity index (χ0v) is 19.8. The van der Waals surface area contributed by atoms with Gasteiger partial charge in [-0.1, -0.05) is 48.5 Å². The summed E-state index contributed by atoms with van der Waals surface area (Å²) in [7, 11) is -3.27. The number of guanidine groups is 1. The molecule has 0 aliphatic rings. The van der Waals surface area contributed by atoms with Crippen molar-refractivity contribution in [2.24, 2.45) is 4.99 Å². The third kappa shape index (κ3) is 8.71. The number of sulfone groups is 1. The van der Waals surface area contributed by atoms with Gasteiger partial charge in [0.25, 0.3) is 0 Å². The largest absolute Gasteiger partial charge is 0.396 e. The van der Waals surface area contributed by atoms with E-state index in [2.05, 4.69) is 15.6 Å². The third-order valence-corrected chi connectivity index (χ3v) is 6.11. The van der Waals surface area contributed by atoms with Crippen molar-refractivity contribution in [1.82, 2.24) is 10.6 Å². The molecule has 2 aromatic carbocycles. The minimum absolute atomic E-state index is 0. The molecule has 8 heteroatoms. The predicted molar refractivity (Wildman–Crippen MR) is 129 cm³/mol. The SMILES string of the molecule is CCNC(=NCC(CO)c1ccccc1)NCCCS(=O)(=O)c1ccccc1.I. The van der Waals surface area contributed by atoms with Crippen molar-refractivity contribution >= 4 is 39.8 Å². The lowest BCUT2D eigenvalue weighted by Gasteiger charge is -2.15. The summed E-state index contributed by atoms with van der Waals surface area (Å²) in [6.07, 6.45) is 0.476. The smallest absolute Gasteiger partial charge is 0.191 e. The summed E-state index contributed by atoms with van der Waals surface area (Å²) in [6, 6.07) is 18.3. The van der Waals surface area contributed by atoms with Gasteiger partial charge in [0.2, 0.25) is 0 Å². The van der Waals surface area contributed by atoms with Crippen LogP contribution in [0.15, 0.2) is 70.6 Å². The minimum atomic E-state index is -3.27. The molecule has 0 amide bonds. The molecule has 0 radical (unpaired) electrons. The first-order valence-electron chi connectivity index (χ1n) is 9.52. The lowest BCUT2D eigenvalue weighted by molar-refractivity contribution is 0.268. The fraction of sp³-hybridized carbons (Fsp3) is 0.381. The number of aliphatic hydroxyl groups is 1. The molecule has 0 fully saturated rings. The van der Waals surface area contributed by atoms with Crippen LogP contribution in [-0.2, 0) is 9.84 Å². The van der Waals surface area contributed by atoms with Gasteiger partial charge < -0.3 is 15.7 Å². The second kappa shape index (κ2) is 13.6. The van der Waals surface area contributed by atoms with Crippen LogP contribution in [0.2, 0.25) is 0 Å². The third-order valence-electron chi connectivity index (χ3n) is 4.29. The van der Waals surface area contributed by atoms with E-state index in [1.165, 1.54) is 0 Å². The highest BCUT2D eigenvalue weighted by atomic mass is 127. The van der Waals surface area contributed by atoms with E-state index in [0.717, 1.165) is 5.56 Å². The lowest BCUT2D eigenvalue weighted by atomic mass is 10.0. The van der Waals surface area contributed by atoms with E-state index in [0.29, 0.717) is 36.9 Å². The molecule has 3 N–H and O–H groups in total. The molecule has 29 heavy (non-hydrogen) atoms. The van der Waals surface area contributed by atoms with E-state index in [-0.39, 0.29) is 42.3 Å². The first kappa shape index (κ1) is 25.4. The number of hydrogen-bond acceptors (Lipinski definition) is 4. The normalized spacial score (nSPS) is 12.7. The molecule has 0 heterocycles. The molecule has 0 saturated heterocycles. The number of rotatable bonds is 10. The summed E-state index contributed by atoms with van der Waals surface area (Å²) in [4.78, 5) is 4.89. The topological polar surface area (TPSA) is 90.8 Å². The Morgan fingerprint density at radius 2 is 1.66 bits per heavy atom. The summed E-state index contributed by atoms with van der Waals surface area (Å²) in [5.74, 6) is 0.622. The Balaban J connectivity index is 0.00000420. The van der Waals surface area contributed by atoms with Crippen molar-refractivity contribution in [2.45, 2.75) is 24.2 Å². The average molecular weight is 531 g/mol. The van der Waals surface area contributed by atoms with Gasteiger partial charge in [-0.15, -0.1) is 24.0 Å². The molecule has 0 saturated carbocycles. The molecule has 6 nitrogen and oxygen atoms in total. The molecule has 1 unspecified atom stereocenters. The quantitative estimate of drug-likeness (QED) is 0.190. The molecule has 1 atom stereocenters. The fourth-order valence-corrected chi connectivity index (χ4v) is 4.08. The summed E-state index contributed by atoms with van der Waals surface area (Å²) < 4.78 is 24.6. The van der Waals surface area contributed by atoms with Gasteiger partial charge in [0.05, 0.1) is 23.8 Å². The molecule has 2 rings (SSSR count). The Morgan fingerprint density at radius 3 is 2.24 bits per heavy atom. The van der Waals surface area contributed by atoms with Crippen LogP contribution in [0.5, 0.6) is 0 Å². The second-order valence-corrected chi connectivity index (χ2v) is 8.53. The summed E-state index contributed by atoms with van der Waals surface area (Å²) in [5.41, 5.74) is 1.04. The standard InChI is InChI=1S/C21H29N3O3S.HI/c1-2-22-21(24-16-19(17-25)18-10-5-3-6-11-18)23-14-9-15-28(26,27)20-12-7-4-8-13-20;/h3-8,10-13,19,25H,2,9,14-17H2,1H3,(H2,22,23,24);1H. The molecular formula is C21H30IN3O3S. The van der Waals surface area contributed by atoms with E-state index in [9.17, 15) is 13.5 Å². The zero-order valence-electron chi connectivity index (χ0n) is 16.6. The van der Waals surface area contributed by atoms with E-state index >= 15 is 0 Å². The van der Waals surface area contributed by atoms with Gasteiger partial charge in [-0.2, -0.15) is 0 Å². The van der Waals surface area contributed by atoms with Crippen molar-refractivity contribution in [3.8, 4) is 0 Å². The maximum Gasteiger partial charge on any atom is 0.191 e. The first-order chi connectivity index (χ1) is 13.6. The number of aliphatic hydroxyl groups excluding tert-OH is 1. The Hall–Kier alpha value is -1.65. The maximum atomic E-state index is 12.3. The highest BCUT2D eigenvalue weighted by Crippen LogP contribution is 2.15. The predicted octanol–water partition coefficient (Wildman–Crippen LogP) is 2.80. The van der Waals surface area contributed by atoms with Crippen LogP contribution in [0.25, 0.3) is 0 Å². The van der Waals surface area contributed by atoms with Crippen LogP contribution in [0.4, 0.5) is 0 Å². The van der Waals surface area contributed by atoms with Gasteiger partial charge in [0.15, 0.2) is 15.8 Å². The Bertz CT molecular complexity index is 831. The molecule has 0 aromatic heterocycles. The van der Waals surface area contributed by atoms with Crippen LogP contribution >= 0.6 is 24.0 Å². The Kier molecular flexibility index (Phi) is 11.9. The zero-order chi connectivity index (χ0) is 20.2. The molecule has 0 aliphatic carbocycles. The molecule has 0 aliphatic heterocycles. The highest BCUT2D eigenvalue weighted by molar-refractivity contribution is 14.0. The molecule has 0 spiro atoms. The van der Waals surface area contributed by atoms with E-state index in [1.807, 2.05) is 37.3 Å². The molecule has 160 valence electrons. The number of aliphatic imine (C=N–C) groups is 1. The van der Waals surface area contributed by atoms with Crippen LogP contribution in [0, 0.1) is 0 Å². The van der Waals surface area contributed by atoms with E-state index in [1.54, 1.807) is 30.3 Å². The number of halogens is 1. The van der Waals surface area contributed by atoms with Crippen molar-refractivity contribution in [3.05, 3.63) is 66.2 Å². The molecular weight excluding hydrogens is 501 g/mol. The molecule has 0 bridgehead atoms. The van der Waals surface area contributed by atoms with E-state index in [4.69, 9.17) is 0 Å². The fourth-order valence-electron chi connectivity index (χ4n) is 2.75. The van der Waals surface area contributed by atoms with Gasteiger partial charge >= 0.3 is 0 Å².